The number of hydrogen-bond acceptors (Lipinski definition) is 12. The fraction of sp³-hybridized carbons (Fsp3) is 0.882. The van der Waals surface area contributed by atoms with Crippen LogP contribution in [-0.4, -0.2) is 129 Å². The van der Waals surface area contributed by atoms with Crippen LogP contribution in [0, 0.1) is 0 Å². The van der Waals surface area contributed by atoms with Crippen LogP contribution in [0.25, 0.3) is 0 Å². The highest BCUT2D eigenvalue weighted by molar-refractivity contribution is 7.99. The van der Waals surface area contributed by atoms with Gasteiger partial charge in [-0.15, -0.1) is 11.8 Å². The Labute approximate surface area is 172 Å². The third-order valence-corrected chi connectivity index (χ3v) is 5.91. The molecule has 170 valence electrons. The van der Waals surface area contributed by atoms with Crippen molar-refractivity contribution in [3.63, 3.8) is 0 Å². The minimum absolute atomic E-state index is 0.0443. The number of ether oxygens (including phenoxy) is 4. The van der Waals surface area contributed by atoms with Crippen molar-refractivity contribution < 1.29 is 54.7 Å². The van der Waals surface area contributed by atoms with Crippen molar-refractivity contribution in [2.24, 2.45) is 0 Å². The zero-order chi connectivity index (χ0) is 21.6. The highest BCUT2D eigenvalue weighted by Gasteiger charge is 2.45. The van der Waals surface area contributed by atoms with Crippen molar-refractivity contribution in [3.05, 3.63) is 12.2 Å². The van der Waals surface area contributed by atoms with Crippen molar-refractivity contribution in [1.82, 2.24) is 0 Å². The Hall–Kier alpha value is -0.350. The summed E-state index contributed by atoms with van der Waals surface area (Å²) in [7, 11) is 1.33. The summed E-state index contributed by atoms with van der Waals surface area (Å²) in [4.78, 5) is 0. The van der Waals surface area contributed by atoms with Crippen LogP contribution in [0.2, 0.25) is 0 Å². The Balaban J connectivity index is 1.78. The summed E-state index contributed by atoms with van der Waals surface area (Å²) in [6.07, 6.45) is -7.24. The van der Waals surface area contributed by atoms with Crippen LogP contribution in [0.5, 0.6) is 0 Å². The Morgan fingerprint density at radius 2 is 1.48 bits per heavy atom. The van der Waals surface area contributed by atoms with Crippen molar-refractivity contribution in [1.29, 1.82) is 0 Å². The zero-order valence-electron chi connectivity index (χ0n) is 15.9. The van der Waals surface area contributed by atoms with E-state index >= 15 is 0 Å². The van der Waals surface area contributed by atoms with Gasteiger partial charge in [0.2, 0.25) is 0 Å². The van der Waals surface area contributed by atoms with Crippen LogP contribution >= 0.6 is 11.8 Å². The summed E-state index contributed by atoms with van der Waals surface area (Å²) in [5.41, 5.74) is -0.831. The minimum atomic E-state index is -1.42. The molecule has 7 N–H and O–H groups in total. The Kier molecular flexibility index (Phi) is 10.2. The maximum atomic E-state index is 10.2. The maximum Gasteiger partial charge on any atom is 0.186 e. The molecular weight excluding hydrogens is 412 g/mol. The highest BCUT2D eigenvalue weighted by Crippen LogP contribution is 2.28. The summed E-state index contributed by atoms with van der Waals surface area (Å²) in [5.74, 6) is 0.366. The molecule has 0 unspecified atom stereocenters. The Morgan fingerprint density at radius 1 is 0.828 bits per heavy atom. The van der Waals surface area contributed by atoms with E-state index in [2.05, 4.69) is 0 Å². The minimum Gasteiger partial charge on any atom is -0.394 e. The van der Waals surface area contributed by atoms with Gasteiger partial charge in [-0.05, 0) is 0 Å². The maximum absolute atomic E-state index is 10.2. The third kappa shape index (κ3) is 6.09. The van der Waals surface area contributed by atoms with Crippen molar-refractivity contribution in [3.8, 4) is 0 Å². The first-order chi connectivity index (χ1) is 13.8. The van der Waals surface area contributed by atoms with E-state index in [0.717, 1.165) is 11.8 Å². The molecule has 0 aromatic heterocycles. The zero-order valence-corrected chi connectivity index (χ0v) is 16.7. The van der Waals surface area contributed by atoms with E-state index in [1.165, 1.54) is 7.11 Å². The molecule has 2 rings (SSSR count). The lowest BCUT2D eigenvalue weighted by atomic mass is 9.99. The molecule has 2 fully saturated rings. The van der Waals surface area contributed by atoms with Crippen LogP contribution in [0.4, 0.5) is 0 Å². The fourth-order valence-electron chi connectivity index (χ4n) is 3.10. The molecule has 0 saturated carbocycles. The van der Waals surface area contributed by atoms with E-state index in [9.17, 15) is 35.7 Å². The fourth-order valence-corrected chi connectivity index (χ4v) is 4.12. The number of aliphatic hydroxyl groups is 7. The summed E-state index contributed by atoms with van der Waals surface area (Å²) in [6.45, 7) is -0.902. The van der Waals surface area contributed by atoms with Crippen LogP contribution in [0.3, 0.4) is 0 Å². The van der Waals surface area contributed by atoms with Gasteiger partial charge < -0.3 is 54.7 Å². The van der Waals surface area contributed by atoms with E-state index in [0.29, 0.717) is 5.75 Å². The molecule has 12 heteroatoms. The number of rotatable bonds is 9. The van der Waals surface area contributed by atoms with Crippen LogP contribution in [0.15, 0.2) is 12.2 Å². The number of thioether (sulfide) groups is 1. The molecule has 2 aliphatic heterocycles. The number of hydrogen-bond donors (Lipinski definition) is 7. The van der Waals surface area contributed by atoms with Gasteiger partial charge in [-0.1, -0.05) is 12.2 Å². The molecule has 0 aromatic rings. The van der Waals surface area contributed by atoms with Gasteiger partial charge in [-0.3, -0.25) is 0 Å². The molecule has 0 spiro atoms. The van der Waals surface area contributed by atoms with E-state index in [-0.39, 0.29) is 6.61 Å². The molecule has 2 heterocycles. The highest BCUT2D eigenvalue weighted by atomic mass is 32.2. The molecule has 10 atom stereocenters. The molecule has 0 aromatic carbocycles. The number of aliphatic hydroxyl groups excluding tert-OH is 7. The lowest BCUT2D eigenvalue weighted by molar-refractivity contribution is -0.300. The number of methoxy groups -OCH3 is 1. The molecule has 11 nitrogen and oxygen atoms in total. The smallest absolute Gasteiger partial charge is 0.186 e. The lowest BCUT2D eigenvalue weighted by Gasteiger charge is -2.41. The first-order valence-corrected chi connectivity index (χ1v) is 10.2. The molecule has 2 saturated heterocycles. The van der Waals surface area contributed by atoms with Gasteiger partial charge in [0.05, 0.1) is 19.8 Å². The van der Waals surface area contributed by atoms with Crippen LogP contribution in [0.1, 0.15) is 0 Å². The quantitative estimate of drug-likeness (QED) is 0.176. The van der Waals surface area contributed by atoms with E-state index in [1.807, 2.05) is 0 Å². The molecule has 29 heavy (non-hydrogen) atoms. The Bertz CT molecular complexity index is 492. The predicted molar refractivity (Wildman–Crippen MR) is 99.9 cm³/mol. The summed E-state index contributed by atoms with van der Waals surface area (Å²) in [6, 6.07) is 0. The summed E-state index contributed by atoms with van der Waals surface area (Å²) >= 11 is 1.16. The van der Waals surface area contributed by atoms with Gasteiger partial charge in [0, 0.05) is 12.9 Å². The first-order valence-electron chi connectivity index (χ1n) is 9.19. The molecule has 0 aliphatic carbocycles. The van der Waals surface area contributed by atoms with E-state index < -0.39 is 73.8 Å². The largest absolute Gasteiger partial charge is 0.394 e. The Morgan fingerprint density at radius 3 is 2.10 bits per heavy atom. The van der Waals surface area contributed by atoms with Crippen molar-refractivity contribution in [2.75, 3.05) is 32.7 Å². The first kappa shape index (κ1) is 24.9. The van der Waals surface area contributed by atoms with E-state index in [4.69, 9.17) is 18.9 Å². The van der Waals surface area contributed by atoms with Crippen molar-refractivity contribution in [2.45, 2.75) is 60.6 Å². The van der Waals surface area contributed by atoms with Crippen LogP contribution in [-0.2, 0) is 18.9 Å². The molecule has 0 bridgehead atoms. The average molecular weight is 442 g/mol. The van der Waals surface area contributed by atoms with E-state index in [1.54, 1.807) is 12.2 Å². The second-order valence-electron chi connectivity index (χ2n) is 6.74. The van der Waals surface area contributed by atoms with Gasteiger partial charge in [0.1, 0.15) is 54.3 Å². The van der Waals surface area contributed by atoms with Gasteiger partial charge in [0.15, 0.2) is 6.29 Å². The summed E-state index contributed by atoms with van der Waals surface area (Å²) < 4.78 is 21.1. The average Bonchev–Trinajstić information content (AvgIpc) is 2.72. The standard InChI is InChI=1S/C17H30O11S/c1-25-16-14(24)15(11(21)9(7-19)27-16)26-4-2-3-5-29-17-13(23)12(22)10(20)8(6-18)28-17/h2-3,8-24H,4-7H2,1H3/b3-2+/t8-,9-,10-,11-,12+,13-,14-,15+,16-,17+/m1/s1. The molecule has 0 radical (unpaired) electrons. The third-order valence-electron chi connectivity index (χ3n) is 4.81. The van der Waals surface area contributed by atoms with Gasteiger partial charge >= 0.3 is 0 Å². The van der Waals surface area contributed by atoms with Gasteiger partial charge in [-0.25, -0.2) is 0 Å². The normalized spacial score (nSPS) is 43.7. The van der Waals surface area contributed by atoms with Crippen molar-refractivity contribution >= 4 is 11.8 Å². The molecule has 0 amide bonds. The lowest BCUT2D eigenvalue weighted by Crippen LogP contribution is -2.59. The predicted octanol–water partition coefficient (Wildman–Crippen LogP) is -3.45. The molecular formula is C17H30O11S. The monoisotopic (exact) mass is 442 g/mol. The van der Waals surface area contributed by atoms with Crippen LogP contribution < -0.4 is 0 Å². The second-order valence-corrected chi connectivity index (χ2v) is 7.87. The topological polar surface area (TPSA) is 179 Å². The van der Waals surface area contributed by atoms with Gasteiger partial charge in [0.25, 0.3) is 0 Å². The second kappa shape index (κ2) is 11.9. The molecule has 2 aliphatic rings. The van der Waals surface area contributed by atoms with Gasteiger partial charge in [-0.2, -0.15) is 0 Å². The summed E-state index contributed by atoms with van der Waals surface area (Å²) in [5, 5.41) is 68.2. The SMILES string of the molecule is CO[C@@H]1O[C@H](CO)[C@@H](O)[C@H](OC/C=C/CS[C@@H]2O[C@H](CO)[C@@H](O)[C@H](O)[C@H]2O)[C@H]1O.